The second-order valence-electron chi connectivity index (χ2n) is 7.10. The molecule has 4 nitrogen and oxygen atoms in total. The number of hydrogen-bond donors (Lipinski definition) is 1. The third-order valence-corrected chi connectivity index (χ3v) is 6.27. The third-order valence-electron chi connectivity index (χ3n) is 5.07. The minimum Gasteiger partial charge on any atom is -0.363 e. The van der Waals surface area contributed by atoms with Crippen LogP contribution in [0.15, 0.2) is 60.8 Å². The van der Waals surface area contributed by atoms with E-state index in [1.807, 2.05) is 30.3 Å². The van der Waals surface area contributed by atoms with Gasteiger partial charge in [-0.2, -0.15) is 0 Å². The van der Waals surface area contributed by atoms with Crippen LogP contribution in [-0.4, -0.2) is 24.0 Å². The first-order valence-electron chi connectivity index (χ1n) is 9.93. The normalized spacial score (nSPS) is 14.5. The number of carbonyl (C=O) groups is 1. The number of rotatable bonds is 5. The van der Waals surface area contributed by atoms with Crippen molar-refractivity contribution in [3.63, 3.8) is 0 Å². The van der Waals surface area contributed by atoms with E-state index in [2.05, 4.69) is 39.5 Å². The number of nitrogens with zero attached hydrogens (tertiary/aromatic N) is 2. The van der Waals surface area contributed by atoms with Crippen molar-refractivity contribution < 1.29 is 4.79 Å². The van der Waals surface area contributed by atoms with Crippen LogP contribution in [-0.2, 0) is 6.54 Å². The zero-order chi connectivity index (χ0) is 19.2. The molecule has 4 rings (SSSR count). The molecule has 28 heavy (non-hydrogen) atoms. The van der Waals surface area contributed by atoms with Crippen LogP contribution in [0.2, 0.25) is 0 Å². The summed E-state index contributed by atoms with van der Waals surface area (Å²) in [5.41, 5.74) is 3.20. The molecule has 0 saturated carbocycles. The van der Waals surface area contributed by atoms with Gasteiger partial charge in [-0.15, -0.1) is 11.3 Å². The van der Waals surface area contributed by atoms with Gasteiger partial charge in [-0.1, -0.05) is 49.2 Å². The van der Waals surface area contributed by atoms with Crippen LogP contribution in [0.25, 0.3) is 11.1 Å². The molecular formula is C23H25N3OS. The lowest BCUT2D eigenvalue weighted by Gasteiger charge is -2.22. The molecule has 0 spiro atoms. The van der Waals surface area contributed by atoms with Crippen LogP contribution in [0.3, 0.4) is 0 Å². The van der Waals surface area contributed by atoms with Crippen LogP contribution < -0.4 is 10.2 Å². The Labute approximate surface area is 170 Å². The van der Waals surface area contributed by atoms with Crippen molar-refractivity contribution >= 4 is 22.2 Å². The summed E-state index contributed by atoms with van der Waals surface area (Å²) < 4.78 is 0. The van der Waals surface area contributed by atoms with Crippen molar-refractivity contribution in [3.8, 4) is 11.1 Å². The maximum atomic E-state index is 12.8. The summed E-state index contributed by atoms with van der Waals surface area (Å²) >= 11 is 1.61. The Balaban J connectivity index is 1.60. The number of anilines is 1. The van der Waals surface area contributed by atoms with Gasteiger partial charge in [0.1, 0.15) is 0 Å². The molecule has 0 atom stereocenters. The second kappa shape index (κ2) is 9.02. The topological polar surface area (TPSA) is 45.2 Å². The lowest BCUT2D eigenvalue weighted by Crippen LogP contribution is -2.23. The smallest absolute Gasteiger partial charge is 0.261 e. The minimum absolute atomic E-state index is 0.0334. The van der Waals surface area contributed by atoms with E-state index in [0.717, 1.165) is 29.2 Å². The molecule has 3 aromatic rings. The largest absolute Gasteiger partial charge is 0.363 e. The Morgan fingerprint density at radius 3 is 2.46 bits per heavy atom. The number of amides is 1. The van der Waals surface area contributed by atoms with E-state index >= 15 is 0 Å². The van der Waals surface area contributed by atoms with Gasteiger partial charge >= 0.3 is 0 Å². The van der Waals surface area contributed by atoms with Gasteiger partial charge in [0, 0.05) is 24.8 Å². The predicted octanol–water partition coefficient (Wildman–Crippen LogP) is 5.12. The summed E-state index contributed by atoms with van der Waals surface area (Å²) in [6.45, 7) is 2.57. The second-order valence-corrected chi connectivity index (χ2v) is 8.13. The molecule has 1 aromatic carbocycles. The quantitative estimate of drug-likeness (QED) is 0.656. The van der Waals surface area contributed by atoms with Gasteiger partial charge in [-0.05, 0) is 36.6 Å². The van der Waals surface area contributed by atoms with Crippen LogP contribution in [0.4, 0.5) is 5.00 Å². The molecule has 1 saturated heterocycles. The fourth-order valence-corrected chi connectivity index (χ4v) is 4.74. The average molecular weight is 392 g/mol. The number of thiophene rings is 1. The molecule has 1 aliphatic heterocycles. The average Bonchev–Trinajstić information content (AvgIpc) is 3.02. The zero-order valence-electron chi connectivity index (χ0n) is 15.9. The highest BCUT2D eigenvalue weighted by molar-refractivity contribution is 7.18. The first kappa shape index (κ1) is 18.7. The summed E-state index contributed by atoms with van der Waals surface area (Å²) in [5.74, 6) is -0.0334. The van der Waals surface area contributed by atoms with E-state index < -0.39 is 0 Å². The molecule has 2 aromatic heterocycles. The molecule has 1 fully saturated rings. The minimum atomic E-state index is -0.0334. The number of aromatic nitrogens is 1. The van der Waals surface area contributed by atoms with Crippen LogP contribution in [0.5, 0.6) is 0 Å². The molecule has 1 aliphatic rings. The van der Waals surface area contributed by atoms with E-state index in [4.69, 9.17) is 0 Å². The van der Waals surface area contributed by atoms with Crippen molar-refractivity contribution in [3.05, 3.63) is 71.4 Å². The van der Waals surface area contributed by atoms with Crippen LogP contribution in [0, 0.1) is 0 Å². The molecule has 0 aliphatic carbocycles. The van der Waals surface area contributed by atoms with Gasteiger partial charge in [0.2, 0.25) is 0 Å². The first-order chi connectivity index (χ1) is 13.8. The zero-order valence-corrected chi connectivity index (χ0v) is 16.8. The fraction of sp³-hybridized carbons (Fsp3) is 0.304. The predicted molar refractivity (Wildman–Crippen MR) is 116 cm³/mol. The molecule has 1 amide bonds. The summed E-state index contributed by atoms with van der Waals surface area (Å²) in [6.07, 6.45) is 6.76. The maximum absolute atomic E-state index is 12.8. The van der Waals surface area contributed by atoms with Gasteiger partial charge < -0.3 is 10.2 Å². The van der Waals surface area contributed by atoms with Gasteiger partial charge in [-0.25, -0.2) is 0 Å². The molecule has 1 N–H and O–H groups in total. The summed E-state index contributed by atoms with van der Waals surface area (Å²) in [7, 11) is 0. The number of nitrogens with one attached hydrogen (secondary N) is 1. The lowest BCUT2D eigenvalue weighted by molar-refractivity contribution is 0.0954. The van der Waals surface area contributed by atoms with E-state index in [1.165, 1.54) is 36.2 Å². The lowest BCUT2D eigenvalue weighted by atomic mass is 10.1. The number of benzene rings is 1. The summed E-state index contributed by atoms with van der Waals surface area (Å²) in [5, 5.41) is 4.23. The Bertz CT molecular complexity index is 900. The summed E-state index contributed by atoms with van der Waals surface area (Å²) in [4.78, 5) is 20.3. The van der Waals surface area contributed by atoms with E-state index in [0.29, 0.717) is 6.54 Å². The van der Waals surface area contributed by atoms with Gasteiger partial charge in [-0.3, -0.25) is 9.78 Å². The highest BCUT2D eigenvalue weighted by Gasteiger charge is 2.21. The van der Waals surface area contributed by atoms with E-state index in [1.54, 1.807) is 17.5 Å². The monoisotopic (exact) mass is 391 g/mol. The van der Waals surface area contributed by atoms with Gasteiger partial charge in [0.15, 0.2) is 0 Å². The fourth-order valence-electron chi connectivity index (χ4n) is 3.59. The van der Waals surface area contributed by atoms with Gasteiger partial charge in [0.25, 0.3) is 5.91 Å². The van der Waals surface area contributed by atoms with E-state index in [-0.39, 0.29) is 5.91 Å². The SMILES string of the molecule is O=C(NCc1ccccn1)c1cc(-c2ccccc2)c(N2CCCCCC2)s1. The molecule has 144 valence electrons. The Kier molecular flexibility index (Phi) is 6.02. The van der Waals surface area contributed by atoms with Crippen molar-refractivity contribution in [2.24, 2.45) is 0 Å². The van der Waals surface area contributed by atoms with Gasteiger partial charge in [0.05, 0.1) is 22.1 Å². The van der Waals surface area contributed by atoms with E-state index in [9.17, 15) is 4.79 Å². The Morgan fingerprint density at radius 1 is 1.00 bits per heavy atom. The van der Waals surface area contributed by atoms with Crippen LogP contribution in [0.1, 0.15) is 41.0 Å². The highest BCUT2D eigenvalue weighted by atomic mass is 32.1. The first-order valence-corrected chi connectivity index (χ1v) is 10.8. The summed E-state index contributed by atoms with van der Waals surface area (Å²) in [6, 6.07) is 18.2. The maximum Gasteiger partial charge on any atom is 0.261 e. The van der Waals surface area contributed by atoms with Crippen molar-refractivity contribution in [2.75, 3.05) is 18.0 Å². The molecule has 0 unspecified atom stereocenters. The van der Waals surface area contributed by atoms with Crippen molar-refractivity contribution in [1.29, 1.82) is 0 Å². The molecular weight excluding hydrogens is 366 g/mol. The molecule has 3 heterocycles. The Morgan fingerprint density at radius 2 is 1.75 bits per heavy atom. The Hall–Kier alpha value is -2.66. The van der Waals surface area contributed by atoms with Crippen molar-refractivity contribution in [2.45, 2.75) is 32.2 Å². The number of pyridine rings is 1. The highest BCUT2D eigenvalue weighted by Crippen LogP contribution is 2.40. The molecule has 5 heteroatoms. The third kappa shape index (κ3) is 4.42. The number of hydrogen-bond acceptors (Lipinski definition) is 4. The van der Waals surface area contributed by atoms with Crippen LogP contribution >= 0.6 is 11.3 Å². The molecule has 0 radical (unpaired) electrons. The number of carbonyl (C=O) groups excluding carboxylic acids is 1. The van der Waals surface area contributed by atoms with Crippen molar-refractivity contribution in [1.82, 2.24) is 10.3 Å². The standard InChI is InChI=1S/C23H25N3OS/c27-22(25-17-19-12-6-7-13-24-19)21-16-20(18-10-4-3-5-11-18)23(28-21)26-14-8-1-2-9-15-26/h3-7,10-13,16H,1-2,8-9,14-15,17H2,(H,25,27). The molecule has 0 bridgehead atoms.